The number of carbonyl (C=O) groups is 1. The highest BCUT2D eigenvalue weighted by Crippen LogP contribution is 2.35. The fourth-order valence-corrected chi connectivity index (χ4v) is 3.14. The van der Waals surface area contributed by atoms with E-state index >= 15 is 0 Å². The summed E-state index contributed by atoms with van der Waals surface area (Å²) < 4.78 is 12.1. The number of ether oxygens (including phenoxy) is 1. The summed E-state index contributed by atoms with van der Waals surface area (Å²) in [5.74, 6) is 0.988. The summed E-state index contributed by atoms with van der Waals surface area (Å²) in [4.78, 5) is 16.4. The number of nitrogens with zero attached hydrogens (tertiary/aromatic N) is 6. The van der Waals surface area contributed by atoms with Crippen LogP contribution in [0.2, 0.25) is 0 Å². The molecule has 0 N–H and O–H groups in total. The Bertz CT molecular complexity index is 683. The van der Waals surface area contributed by atoms with E-state index in [2.05, 4.69) is 20.4 Å². The van der Waals surface area contributed by atoms with Crippen molar-refractivity contribution >= 4 is 5.91 Å². The average molecular weight is 334 g/mol. The van der Waals surface area contributed by atoms with Gasteiger partial charge in [0.05, 0.1) is 19.4 Å². The molecular formula is C15H22N6O3. The molecule has 130 valence electrons. The molecule has 1 atom stereocenters. The van der Waals surface area contributed by atoms with Crippen LogP contribution in [-0.2, 0) is 16.8 Å². The summed E-state index contributed by atoms with van der Waals surface area (Å²) in [6, 6.07) is 3.40. The van der Waals surface area contributed by atoms with Crippen molar-refractivity contribution in [3.05, 3.63) is 30.0 Å². The van der Waals surface area contributed by atoms with Crippen LogP contribution in [0.15, 0.2) is 22.8 Å². The van der Waals surface area contributed by atoms with Crippen molar-refractivity contribution in [2.45, 2.75) is 18.5 Å². The molecule has 9 nitrogen and oxygen atoms in total. The first-order valence-electron chi connectivity index (χ1n) is 7.84. The highest BCUT2D eigenvalue weighted by molar-refractivity contribution is 5.91. The Labute approximate surface area is 140 Å². The predicted octanol–water partition coefficient (Wildman–Crippen LogP) is 0.216. The molecular weight excluding hydrogens is 312 g/mol. The molecule has 24 heavy (non-hydrogen) atoms. The van der Waals surface area contributed by atoms with Gasteiger partial charge in [-0.05, 0) is 43.1 Å². The quantitative estimate of drug-likeness (QED) is 0.746. The third-order valence-electron chi connectivity index (χ3n) is 4.58. The van der Waals surface area contributed by atoms with Crippen LogP contribution in [0.25, 0.3) is 0 Å². The van der Waals surface area contributed by atoms with Gasteiger partial charge in [0.15, 0.2) is 11.6 Å². The third-order valence-corrected chi connectivity index (χ3v) is 4.58. The molecule has 2 aromatic rings. The van der Waals surface area contributed by atoms with Crippen LogP contribution in [0.3, 0.4) is 0 Å². The molecule has 0 saturated carbocycles. The summed E-state index contributed by atoms with van der Waals surface area (Å²) in [6.07, 6.45) is 2.26. The molecule has 3 heterocycles. The Balaban J connectivity index is 1.86. The van der Waals surface area contributed by atoms with E-state index in [1.54, 1.807) is 28.8 Å². The standard InChI is InChI=1S/C15H22N6O3/c1-19(2)15(14-16-17-18-21(14)8-10-23-3)6-7-20(11-15)13(22)12-5-4-9-24-12/h4-5,9H,6-8,10-11H2,1-3H3. The fourth-order valence-electron chi connectivity index (χ4n) is 3.14. The summed E-state index contributed by atoms with van der Waals surface area (Å²) in [5, 5.41) is 12.1. The predicted molar refractivity (Wildman–Crippen MR) is 84.3 cm³/mol. The van der Waals surface area contributed by atoms with Crippen molar-refractivity contribution in [3.8, 4) is 0 Å². The zero-order valence-electron chi connectivity index (χ0n) is 14.2. The number of aromatic nitrogens is 4. The normalized spacial score (nSPS) is 20.9. The number of likely N-dealkylation sites (tertiary alicyclic amines) is 1. The van der Waals surface area contributed by atoms with Crippen LogP contribution >= 0.6 is 0 Å². The van der Waals surface area contributed by atoms with Crippen LogP contribution in [0, 0.1) is 0 Å². The van der Waals surface area contributed by atoms with E-state index in [-0.39, 0.29) is 5.91 Å². The van der Waals surface area contributed by atoms with Crippen LogP contribution < -0.4 is 0 Å². The molecule has 0 spiro atoms. The molecule has 2 aromatic heterocycles. The average Bonchev–Trinajstić information content (AvgIpc) is 3.32. The first-order chi connectivity index (χ1) is 11.6. The number of hydrogen-bond acceptors (Lipinski definition) is 7. The van der Waals surface area contributed by atoms with Crippen molar-refractivity contribution in [3.63, 3.8) is 0 Å². The molecule has 1 aliphatic rings. The van der Waals surface area contributed by atoms with Crippen molar-refractivity contribution in [1.29, 1.82) is 0 Å². The molecule has 0 bridgehead atoms. The Morgan fingerprint density at radius 3 is 3.00 bits per heavy atom. The van der Waals surface area contributed by atoms with Crippen LogP contribution in [0.4, 0.5) is 0 Å². The van der Waals surface area contributed by atoms with Gasteiger partial charge in [-0.15, -0.1) is 5.10 Å². The van der Waals surface area contributed by atoms with Gasteiger partial charge in [0.2, 0.25) is 0 Å². The van der Waals surface area contributed by atoms with E-state index in [1.165, 1.54) is 6.26 Å². The van der Waals surface area contributed by atoms with Gasteiger partial charge in [0.1, 0.15) is 5.54 Å². The van der Waals surface area contributed by atoms with Gasteiger partial charge in [0.25, 0.3) is 5.91 Å². The second-order valence-corrected chi connectivity index (χ2v) is 6.10. The molecule has 1 unspecified atom stereocenters. The van der Waals surface area contributed by atoms with Gasteiger partial charge >= 0.3 is 0 Å². The SMILES string of the molecule is COCCn1nnnc1C1(N(C)C)CCN(C(=O)c2ccco2)C1. The van der Waals surface area contributed by atoms with Gasteiger partial charge in [-0.25, -0.2) is 4.68 Å². The van der Waals surface area contributed by atoms with E-state index in [1.807, 2.05) is 14.1 Å². The summed E-state index contributed by atoms with van der Waals surface area (Å²) in [7, 11) is 5.61. The number of methoxy groups -OCH3 is 1. The fraction of sp³-hybridized carbons (Fsp3) is 0.600. The highest BCUT2D eigenvalue weighted by atomic mass is 16.5. The minimum atomic E-state index is -0.431. The Morgan fingerprint density at radius 2 is 2.33 bits per heavy atom. The summed E-state index contributed by atoms with van der Waals surface area (Å²) in [5.41, 5.74) is -0.431. The molecule has 0 aliphatic carbocycles. The highest BCUT2D eigenvalue weighted by Gasteiger charge is 2.47. The minimum Gasteiger partial charge on any atom is -0.459 e. The molecule has 0 radical (unpaired) electrons. The van der Waals surface area contributed by atoms with E-state index in [9.17, 15) is 4.79 Å². The van der Waals surface area contributed by atoms with Crippen molar-refractivity contribution in [2.75, 3.05) is 40.9 Å². The smallest absolute Gasteiger partial charge is 0.289 e. The molecule has 1 fully saturated rings. The van der Waals surface area contributed by atoms with Gasteiger partial charge in [0, 0.05) is 20.2 Å². The zero-order valence-corrected chi connectivity index (χ0v) is 14.2. The van der Waals surface area contributed by atoms with E-state index in [0.29, 0.717) is 32.0 Å². The second kappa shape index (κ2) is 6.70. The largest absolute Gasteiger partial charge is 0.459 e. The maximum atomic E-state index is 12.6. The Hall–Kier alpha value is -2.26. The number of furan rings is 1. The number of hydrogen-bond donors (Lipinski definition) is 0. The van der Waals surface area contributed by atoms with Crippen LogP contribution in [0.1, 0.15) is 22.8 Å². The van der Waals surface area contributed by atoms with E-state index in [4.69, 9.17) is 9.15 Å². The van der Waals surface area contributed by atoms with Gasteiger partial charge in [-0.1, -0.05) is 0 Å². The number of likely N-dealkylation sites (N-methyl/N-ethyl adjacent to an activating group) is 1. The lowest BCUT2D eigenvalue weighted by Crippen LogP contribution is -2.47. The van der Waals surface area contributed by atoms with Crippen molar-refractivity contribution in [2.24, 2.45) is 0 Å². The number of tetrazole rings is 1. The lowest BCUT2D eigenvalue weighted by Gasteiger charge is -2.34. The third kappa shape index (κ3) is 2.80. The van der Waals surface area contributed by atoms with Crippen LogP contribution in [-0.4, -0.2) is 76.8 Å². The van der Waals surface area contributed by atoms with Gasteiger partial charge in [-0.2, -0.15) is 0 Å². The molecule has 1 saturated heterocycles. The monoisotopic (exact) mass is 334 g/mol. The number of amides is 1. The van der Waals surface area contributed by atoms with Crippen LogP contribution in [0.5, 0.6) is 0 Å². The summed E-state index contributed by atoms with van der Waals surface area (Å²) in [6.45, 7) is 2.22. The van der Waals surface area contributed by atoms with E-state index < -0.39 is 5.54 Å². The van der Waals surface area contributed by atoms with Crippen molar-refractivity contribution < 1.29 is 13.9 Å². The zero-order chi connectivity index (χ0) is 17.2. The molecule has 9 heteroatoms. The first-order valence-corrected chi connectivity index (χ1v) is 7.84. The lowest BCUT2D eigenvalue weighted by atomic mass is 9.96. The molecule has 3 rings (SSSR count). The van der Waals surface area contributed by atoms with Gasteiger partial charge in [-0.3, -0.25) is 9.69 Å². The summed E-state index contributed by atoms with van der Waals surface area (Å²) >= 11 is 0. The molecule has 0 aromatic carbocycles. The topological polar surface area (TPSA) is 89.5 Å². The lowest BCUT2D eigenvalue weighted by molar-refractivity contribution is 0.0706. The van der Waals surface area contributed by atoms with Crippen molar-refractivity contribution in [1.82, 2.24) is 30.0 Å². The second-order valence-electron chi connectivity index (χ2n) is 6.10. The number of rotatable bonds is 6. The molecule has 1 aliphatic heterocycles. The van der Waals surface area contributed by atoms with Gasteiger partial charge < -0.3 is 14.1 Å². The number of carbonyl (C=O) groups excluding carboxylic acids is 1. The minimum absolute atomic E-state index is 0.111. The maximum Gasteiger partial charge on any atom is 0.289 e. The van der Waals surface area contributed by atoms with E-state index in [0.717, 1.165) is 12.2 Å². The molecule has 1 amide bonds. The Morgan fingerprint density at radius 1 is 1.50 bits per heavy atom. The first kappa shape index (κ1) is 16.6. The maximum absolute atomic E-state index is 12.6. The Kier molecular flexibility index (Phi) is 4.63.